The number of carboxylic acids is 1. The van der Waals surface area contributed by atoms with Crippen LogP contribution in [0.2, 0.25) is 0 Å². The lowest BCUT2D eigenvalue weighted by atomic mass is 9.87. The maximum atomic E-state index is 12.0. The molecule has 7 nitrogen and oxygen atoms in total. The lowest BCUT2D eigenvalue weighted by Crippen LogP contribution is -2.39. The van der Waals surface area contributed by atoms with Crippen LogP contribution in [-0.4, -0.2) is 58.8 Å². The molecule has 1 unspecified atom stereocenters. The second kappa shape index (κ2) is 17.1. The van der Waals surface area contributed by atoms with Crippen molar-refractivity contribution in [3.63, 3.8) is 0 Å². The predicted octanol–water partition coefficient (Wildman–Crippen LogP) is 4.63. The van der Waals surface area contributed by atoms with E-state index in [0.717, 1.165) is 50.5 Å². The molecule has 1 saturated heterocycles. The van der Waals surface area contributed by atoms with Crippen molar-refractivity contribution in [2.24, 2.45) is 11.8 Å². The third-order valence-electron chi connectivity index (χ3n) is 6.44. The van der Waals surface area contributed by atoms with Crippen molar-refractivity contribution in [1.82, 2.24) is 0 Å². The maximum absolute atomic E-state index is 12.0. The number of carbonyl (C=O) groups is 2. The molecule has 0 amide bonds. The quantitative estimate of drug-likeness (QED) is 0.161. The van der Waals surface area contributed by atoms with E-state index in [1.165, 1.54) is 6.08 Å². The molecule has 1 heterocycles. The van der Waals surface area contributed by atoms with E-state index in [1.807, 2.05) is 6.92 Å². The molecule has 0 aliphatic carbocycles. The largest absolute Gasteiger partial charge is 0.481 e. The Morgan fingerprint density at radius 3 is 2.45 bits per heavy atom. The Kier molecular flexibility index (Phi) is 15.3. The van der Waals surface area contributed by atoms with Gasteiger partial charge in [-0.15, -0.1) is 0 Å². The highest BCUT2D eigenvalue weighted by atomic mass is 16.5. The van der Waals surface area contributed by atoms with Gasteiger partial charge in [0.2, 0.25) is 0 Å². The number of carbonyl (C=O) groups excluding carboxylic acids is 1. The van der Waals surface area contributed by atoms with Crippen molar-refractivity contribution < 1.29 is 34.4 Å². The van der Waals surface area contributed by atoms with Crippen molar-refractivity contribution in [2.75, 3.05) is 13.2 Å². The minimum atomic E-state index is -0.744. The molecular weight excluding hydrogens is 424 g/mol. The van der Waals surface area contributed by atoms with E-state index >= 15 is 0 Å². The molecule has 0 spiro atoms. The fourth-order valence-corrected chi connectivity index (χ4v) is 4.28. The van der Waals surface area contributed by atoms with Gasteiger partial charge in [0, 0.05) is 12.5 Å². The van der Waals surface area contributed by atoms with Gasteiger partial charge in [-0.1, -0.05) is 51.5 Å². The molecule has 1 aliphatic rings. The van der Waals surface area contributed by atoms with Gasteiger partial charge in [0.25, 0.3) is 0 Å². The summed E-state index contributed by atoms with van der Waals surface area (Å²) in [7, 11) is 0. The van der Waals surface area contributed by atoms with Crippen molar-refractivity contribution in [1.29, 1.82) is 0 Å². The van der Waals surface area contributed by atoms with Crippen LogP contribution in [0.25, 0.3) is 0 Å². The Morgan fingerprint density at radius 2 is 1.82 bits per heavy atom. The maximum Gasteiger partial charge on any atom is 0.330 e. The average molecular weight is 471 g/mol. The van der Waals surface area contributed by atoms with Gasteiger partial charge in [-0.3, -0.25) is 4.79 Å². The van der Waals surface area contributed by atoms with E-state index in [-0.39, 0.29) is 30.5 Å². The minimum Gasteiger partial charge on any atom is -0.481 e. The van der Waals surface area contributed by atoms with Crippen molar-refractivity contribution in [3.05, 3.63) is 11.6 Å². The summed E-state index contributed by atoms with van der Waals surface area (Å²) in [6.45, 7) is 7.00. The highest BCUT2D eigenvalue weighted by Gasteiger charge is 2.31. The van der Waals surface area contributed by atoms with E-state index in [9.17, 15) is 19.8 Å². The highest BCUT2D eigenvalue weighted by molar-refractivity contribution is 5.82. The molecule has 0 saturated carbocycles. The first-order chi connectivity index (χ1) is 15.7. The lowest BCUT2D eigenvalue weighted by molar-refractivity contribution is -0.138. The molecule has 33 heavy (non-hydrogen) atoms. The van der Waals surface area contributed by atoms with Gasteiger partial charge in [0.15, 0.2) is 0 Å². The summed E-state index contributed by atoms with van der Waals surface area (Å²) in [5, 5.41) is 29.3. The summed E-state index contributed by atoms with van der Waals surface area (Å²) in [5.74, 6) is -0.469. The molecule has 192 valence electrons. The van der Waals surface area contributed by atoms with E-state index in [2.05, 4.69) is 13.8 Å². The van der Waals surface area contributed by atoms with Crippen LogP contribution in [0.3, 0.4) is 0 Å². The monoisotopic (exact) mass is 470 g/mol. The van der Waals surface area contributed by atoms with E-state index in [0.29, 0.717) is 44.8 Å². The molecule has 1 aliphatic heterocycles. The third kappa shape index (κ3) is 14.4. The number of aliphatic hydroxyl groups excluding tert-OH is 2. The Bertz CT molecular complexity index is 589. The molecular formula is C26H46O7. The minimum absolute atomic E-state index is 0.154. The van der Waals surface area contributed by atoms with Crippen LogP contribution in [0.5, 0.6) is 0 Å². The first-order valence-corrected chi connectivity index (χ1v) is 12.7. The fourth-order valence-electron chi connectivity index (χ4n) is 4.28. The molecule has 3 N–H and O–H groups in total. The summed E-state index contributed by atoms with van der Waals surface area (Å²) in [6, 6.07) is 0. The SMILES string of the molecule is CC[C@H](C)C[C@@H](O)C[C@H]1CO[C@@H](C/C(C)=C/C(=O)OCCCCCCCCC(=O)O)C(O)C1. The fraction of sp³-hybridized carbons (Fsp3) is 0.846. The molecule has 1 rings (SSSR count). The number of hydrogen-bond donors (Lipinski definition) is 3. The van der Waals surface area contributed by atoms with Gasteiger partial charge in [0.05, 0.1) is 31.5 Å². The molecule has 0 aromatic rings. The van der Waals surface area contributed by atoms with Gasteiger partial charge in [-0.05, 0) is 57.3 Å². The van der Waals surface area contributed by atoms with Gasteiger partial charge in [0.1, 0.15) is 0 Å². The topological polar surface area (TPSA) is 113 Å². The number of unbranched alkanes of at least 4 members (excludes halogenated alkanes) is 5. The second-order valence-corrected chi connectivity index (χ2v) is 9.81. The Morgan fingerprint density at radius 1 is 1.15 bits per heavy atom. The molecule has 1 fully saturated rings. The predicted molar refractivity (Wildman–Crippen MR) is 128 cm³/mol. The summed E-state index contributed by atoms with van der Waals surface area (Å²) >= 11 is 0. The molecule has 0 bridgehead atoms. The smallest absolute Gasteiger partial charge is 0.330 e. The van der Waals surface area contributed by atoms with Crippen molar-refractivity contribution in [3.8, 4) is 0 Å². The zero-order chi connectivity index (χ0) is 24.6. The summed E-state index contributed by atoms with van der Waals surface area (Å²) in [4.78, 5) is 22.5. The number of esters is 1. The van der Waals surface area contributed by atoms with Crippen LogP contribution < -0.4 is 0 Å². The average Bonchev–Trinajstić information content (AvgIpc) is 2.74. The Hall–Kier alpha value is -1.44. The van der Waals surface area contributed by atoms with Gasteiger partial charge in [-0.25, -0.2) is 4.79 Å². The molecule has 0 aromatic carbocycles. The van der Waals surface area contributed by atoms with Crippen molar-refractivity contribution >= 4 is 11.9 Å². The molecule has 5 atom stereocenters. The third-order valence-corrected chi connectivity index (χ3v) is 6.44. The molecule has 7 heteroatoms. The van der Waals surface area contributed by atoms with Crippen LogP contribution in [0, 0.1) is 11.8 Å². The second-order valence-electron chi connectivity index (χ2n) is 9.81. The van der Waals surface area contributed by atoms with Gasteiger partial charge >= 0.3 is 11.9 Å². The van der Waals surface area contributed by atoms with Crippen molar-refractivity contribution in [2.45, 2.75) is 116 Å². The van der Waals surface area contributed by atoms with Crippen LogP contribution in [-0.2, 0) is 19.1 Å². The number of rotatable bonds is 17. The van der Waals surface area contributed by atoms with E-state index in [4.69, 9.17) is 14.6 Å². The summed E-state index contributed by atoms with van der Waals surface area (Å²) in [6.07, 6.45) is 9.39. The number of hydrogen-bond acceptors (Lipinski definition) is 6. The zero-order valence-electron chi connectivity index (χ0n) is 20.8. The molecule has 0 aromatic heterocycles. The number of aliphatic hydroxyl groups is 2. The highest BCUT2D eigenvalue weighted by Crippen LogP contribution is 2.28. The van der Waals surface area contributed by atoms with Crippen LogP contribution >= 0.6 is 0 Å². The lowest BCUT2D eigenvalue weighted by Gasteiger charge is -2.34. The van der Waals surface area contributed by atoms with Crippen LogP contribution in [0.15, 0.2) is 11.6 Å². The van der Waals surface area contributed by atoms with Crippen LogP contribution in [0.1, 0.15) is 97.8 Å². The first kappa shape index (κ1) is 29.6. The zero-order valence-corrected chi connectivity index (χ0v) is 20.8. The normalized spacial score (nSPS) is 23.2. The summed E-state index contributed by atoms with van der Waals surface area (Å²) < 4.78 is 11.1. The van der Waals surface area contributed by atoms with Gasteiger partial charge in [-0.2, -0.15) is 0 Å². The summed E-state index contributed by atoms with van der Waals surface area (Å²) in [5.41, 5.74) is 0.817. The number of aliphatic carboxylic acids is 1. The van der Waals surface area contributed by atoms with E-state index in [1.54, 1.807) is 0 Å². The Labute approximate surface area is 199 Å². The number of carboxylic acid groups (broad SMARTS) is 1. The first-order valence-electron chi connectivity index (χ1n) is 12.7. The number of ether oxygens (including phenoxy) is 2. The van der Waals surface area contributed by atoms with E-state index < -0.39 is 12.1 Å². The standard InChI is InChI=1S/C26H46O7/c1-4-19(2)13-22(27)16-21-17-23(28)24(33-18-21)14-20(3)15-26(31)32-12-10-8-6-5-7-9-11-25(29)30/h15,19,21-24,27-28H,4-14,16-18H2,1-3H3,(H,29,30)/b20-15+/t19-,21+,22+,23?,24-/m0/s1. The molecule has 0 radical (unpaired) electrons. The Balaban J connectivity index is 2.19. The van der Waals surface area contributed by atoms with Gasteiger partial charge < -0.3 is 24.8 Å². The van der Waals surface area contributed by atoms with Crippen LogP contribution in [0.4, 0.5) is 0 Å².